The smallest absolute Gasteiger partial charge is 0.239 e. The molecule has 1 N–H and O–H groups in total. The lowest BCUT2D eigenvalue weighted by Crippen LogP contribution is -2.23. The minimum atomic E-state index is 0.0131. The Kier molecular flexibility index (Phi) is 3.09. The van der Waals surface area contributed by atoms with Gasteiger partial charge in [-0.05, 0) is 23.6 Å². The van der Waals surface area contributed by atoms with E-state index in [1.807, 2.05) is 18.2 Å². The van der Waals surface area contributed by atoms with E-state index in [2.05, 4.69) is 39.5 Å². The summed E-state index contributed by atoms with van der Waals surface area (Å²) in [4.78, 5) is 12.9. The zero-order chi connectivity index (χ0) is 13.2. The molecule has 0 bridgehead atoms. The first-order chi connectivity index (χ1) is 9.29. The molecule has 0 aliphatic carbocycles. The van der Waals surface area contributed by atoms with Crippen LogP contribution in [0.3, 0.4) is 0 Å². The molecule has 0 aliphatic heterocycles. The number of nitrogens with zero attached hydrogens (tertiary/aromatic N) is 1. The average molecular weight is 270 g/mol. The highest BCUT2D eigenvalue weighted by Crippen LogP contribution is 2.31. The van der Waals surface area contributed by atoms with Crippen molar-refractivity contribution in [2.75, 3.05) is 7.05 Å². The summed E-state index contributed by atoms with van der Waals surface area (Å²) in [5.74, 6) is 0.0131. The number of likely N-dealkylation sites (N-methyl/N-ethyl adjacent to an activating group) is 1. The van der Waals surface area contributed by atoms with Gasteiger partial charge in [-0.15, -0.1) is 11.3 Å². The van der Waals surface area contributed by atoms with Crippen LogP contribution in [0.2, 0.25) is 0 Å². The number of para-hydroxylation sites is 1. The minimum absolute atomic E-state index is 0.0131. The predicted molar refractivity (Wildman–Crippen MR) is 79.3 cm³/mol. The van der Waals surface area contributed by atoms with Crippen molar-refractivity contribution in [3.8, 4) is 10.6 Å². The zero-order valence-corrected chi connectivity index (χ0v) is 11.4. The summed E-state index contributed by atoms with van der Waals surface area (Å²) >= 11 is 1.69. The molecule has 19 heavy (non-hydrogen) atoms. The molecule has 1 amide bonds. The number of benzene rings is 1. The molecule has 0 radical (unpaired) electrons. The van der Waals surface area contributed by atoms with Gasteiger partial charge in [0.1, 0.15) is 6.54 Å². The van der Waals surface area contributed by atoms with E-state index in [0.29, 0.717) is 6.54 Å². The van der Waals surface area contributed by atoms with Crippen molar-refractivity contribution in [3.63, 3.8) is 0 Å². The van der Waals surface area contributed by atoms with Crippen LogP contribution in [-0.2, 0) is 11.3 Å². The summed E-state index contributed by atoms with van der Waals surface area (Å²) in [6, 6.07) is 14.4. The second-order valence-corrected chi connectivity index (χ2v) is 5.27. The fourth-order valence-electron chi connectivity index (χ4n) is 2.23. The molecule has 96 valence electrons. The van der Waals surface area contributed by atoms with Crippen molar-refractivity contribution < 1.29 is 4.79 Å². The van der Waals surface area contributed by atoms with Crippen LogP contribution >= 0.6 is 11.3 Å². The zero-order valence-electron chi connectivity index (χ0n) is 10.6. The topological polar surface area (TPSA) is 34.0 Å². The Morgan fingerprint density at radius 2 is 2.11 bits per heavy atom. The number of fused-ring (bicyclic) bond motifs is 1. The Hall–Kier alpha value is -2.07. The molecular formula is C15H14N2OS. The van der Waals surface area contributed by atoms with E-state index in [9.17, 15) is 4.79 Å². The van der Waals surface area contributed by atoms with Crippen LogP contribution in [0.5, 0.6) is 0 Å². The monoisotopic (exact) mass is 270 g/mol. The molecule has 2 heterocycles. The van der Waals surface area contributed by atoms with Crippen molar-refractivity contribution in [3.05, 3.63) is 47.8 Å². The second-order valence-electron chi connectivity index (χ2n) is 4.33. The Labute approximate surface area is 115 Å². The van der Waals surface area contributed by atoms with Gasteiger partial charge in [-0.3, -0.25) is 4.79 Å². The average Bonchev–Trinajstić information content (AvgIpc) is 3.06. The highest BCUT2D eigenvalue weighted by Gasteiger charge is 2.13. The first kappa shape index (κ1) is 12.0. The lowest BCUT2D eigenvalue weighted by molar-refractivity contribution is -0.121. The molecule has 4 heteroatoms. The van der Waals surface area contributed by atoms with E-state index >= 15 is 0 Å². The molecular weight excluding hydrogens is 256 g/mol. The number of thiophene rings is 1. The number of carbonyl (C=O) groups is 1. The van der Waals surface area contributed by atoms with Crippen molar-refractivity contribution in [2.45, 2.75) is 6.54 Å². The summed E-state index contributed by atoms with van der Waals surface area (Å²) in [7, 11) is 1.67. The lowest BCUT2D eigenvalue weighted by Gasteiger charge is -2.08. The van der Waals surface area contributed by atoms with Gasteiger partial charge in [0.05, 0.1) is 10.6 Å². The van der Waals surface area contributed by atoms with Gasteiger partial charge in [0.25, 0.3) is 0 Å². The molecule has 3 nitrogen and oxygen atoms in total. The summed E-state index contributed by atoms with van der Waals surface area (Å²) in [6.45, 7) is 0.344. The van der Waals surface area contributed by atoms with Crippen molar-refractivity contribution in [2.24, 2.45) is 0 Å². The van der Waals surface area contributed by atoms with E-state index in [4.69, 9.17) is 0 Å². The van der Waals surface area contributed by atoms with Gasteiger partial charge in [0.2, 0.25) is 5.91 Å². The van der Waals surface area contributed by atoms with Crippen LogP contribution in [0.1, 0.15) is 0 Å². The highest BCUT2D eigenvalue weighted by atomic mass is 32.1. The molecule has 0 unspecified atom stereocenters. The number of aromatic nitrogens is 1. The molecule has 2 aromatic heterocycles. The van der Waals surface area contributed by atoms with E-state index < -0.39 is 0 Å². The van der Waals surface area contributed by atoms with E-state index in [1.165, 1.54) is 4.88 Å². The number of rotatable bonds is 3. The van der Waals surface area contributed by atoms with E-state index in [0.717, 1.165) is 16.6 Å². The maximum atomic E-state index is 11.7. The molecule has 0 spiro atoms. The SMILES string of the molecule is CNC(=O)Cn1c(-c2cccs2)cc2ccccc21. The first-order valence-electron chi connectivity index (χ1n) is 6.12. The number of amides is 1. The van der Waals surface area contributed by atoms with Gasteiger partial charge in [-0.25, -0.2) is 0 Å². The largest absolute Gasteiger partial charge is 0.358 e. The normalized spacial score (nSPS) is 10.8. The van der Waals surface area contributed by atoms with Crippen molar-refractivity contribution in [1.29, 1.82) is 0 Å². The van der Waals surface area contributed by atoms with Crippen LogP contribution in [-0.4, -0.2) is 17.5 Å². The Bertz CT molecular complexity index is 713. The summed E-state index contributed by atoms with van der Waals surface area (Å²) in [5, 5.41) is 5.90. The Balaban J connectivity index is 2.19. The van der Waals surface area contributed by atoms with Crippen LogP contribution in [0.4, 0.5) is 0 Å². The van der Waals surface area contributed by atoms with Crippen LogP contribution < -0.4 is 5.32 Å². The van der Waals surface area contributed by atoms with Gasteiger partial charge in [-0.1, -0.05) is 24.3 Å². The first-order valence-corrected chi connectivity index (χ1v) is 7.00. The summed E-state index contributed by atoms with van der Waals surface area (Å²) < 4.78 is 2.07. The maximum absolute atomic E-state index is 11.7. The van der Waals surface area contributed by atoms with Gasteiger partial charge in [0.15, 0.2) is 0 Å². The second kappa shape index (κ2) is 4.90. The van der Waals surface area contributed by atoms with Crippen molar-refractivity contribution >= 4 is 28.1 Å². The number of hydrogen-bond acceptors (Lipinski definition) is 2. The molecule has 3 rings (SSSR count). The fourth-order valence-corrected chi connectivity index (χ4v) is 2.98. The molecule has 1 aromatic carbocycles. The standard InChI is InChI=1S/C15H14N2OS/c1-16-15(18)10-17-12-6-3-2-5-11(12)9-13(17)14-7-4-8-19-14/h2-9H,10H2,1H3,(H,16,18). The Morgan fingerprint density at radius 1 is 1.26 bits per heavy atom. The molecule has 0 saturated carbocycles. The minimum Gasteiger partial charge on any atom is -0.358 e. The highest BCUT2D eigenvalue weighted by molar-refractivity contribution is 7.13. The number of hydrogen-bond donors (Lipinski definition) is 1. The summed E-state index contributed by atoms with van der Waals surface area (Å²) in [5.41, 5.74) is 2.19. The third kappa shape index (κ3) is 2.15. The lowest BCUT2D eigenvalue weighted by atomic mass is 10.2. The fraction of sp³-hybridized carbons (Fsp3) is 0.133. The molecule has 0 aliphatic rings. The van der Waals surface area contributed by atoms with Gasteiger partial charge in [0, 0.05) is 18.0 Å². The molecule has 0 atom stereocenters. The predicted octanol–water partition coefficient (Wildman–Crippen LogP) is 3.12. The van der Waals surface area contributed by atoms with E-state index in [-0.39, 0.29) is 5.91 Å². The van der Waals surface area contributed by atoms with Crippen LogP contribution in [0.15, 0.2) is 47.8 Å². The molecule has 0 fully saturated rings. The quantitative estimate of drug-likeness (QED) is 0.779. The third-order valence-electron chi connectivity index (χ3n) is 3.16. The van der Waals surface area contributed by atoms with Crippen molar-refractivity contribution in [1.82, 2.24) is 9.88 Å². The number of carbonyl (C=O) groups excluding carboxylic acids is 1. The summed E-state index contributed by atoms with van der Waals surface area (Å²) in [6.07, 6.45) is 0. The maximum Gasteiger partial charge on any atom is 0.239 e. The van der Waals surface area contributed by atoms with Gasteiger partial charge < -0.3 is 9.88 Å². The van der Waals surface area contributed by atoms with Gasteiger partial charge in [-0.2, -0.15) is 0 Å². The molecule has 3 aromatic rings. The van der Waals surface area contributed by atoms with E-state index in [1.54, 1.807) is 18.4 Å². The third-order valence-corrected chi connectivity index (χ3v) is 4.06. The van der Waals surface area contributed by atoms with Gasteiger partial charge >= 0.3 is 0 Å². The molecule has 0 saturated heterocycles. The number of nitrogens with one attached hydrogen (secondary N) is 1. The van der Waals surface area contributed by atoms with Crippen LogP contribution in [0.25, 0.3) is 21.5 Å². The van der Waals surface area contributed by atoms with Crippen LogP contribution in [0, 0.1) is 0 Å². The Morgan fingerprint density at radius 3 is 2.84 bits per heavy atom.